The molecule has 0 radical (unpaired) electrons. The minimum atomic E-state index is -1.09. The van der Waals surface area contributed by atoms with E-state index in [2.05, 4.69) is 15.6 Å². The summed E-state index contributed by atoms with van der Waals surface area (Å²) in [5.74, 6) is -1.17. The quantitative estimate of drug-likeness (QED) is 0.689. The van der Waals surface area contributed by atoms with Gasteiger partial charge in [-0.3, -0.25) is 9.59 Å². The second-order valence-electron chi connectivity index (χ2n) is 6.29. The number of nitrogens with zero attached hydrogens (tertiary/aromatic N) is 1. The van der Waals surface area contributed by atoms with Gasteiger partial charge in [0.2, 0.25) is 5.91 Å². The second-order valence-corrected chi connectivity index (χ2v) is 7.23. The standard InChI is InChI=1S/C18H21N3O4S/c1-10(2)6-15(22)20-13-5-4-12(7-11(13)3)17(23)19-8-16-21-14(9-26-16)18(24)25/h4-5,7,9-10H,6,8H2,1-3H3,(H,19,23)(H,20,22)(H,24,25). The van der Waals surface area contributed by atoms with E-state index in [9.17, 15) is 14.4 Å². The van der Waals surface area contributed by atoms with E-state index in [0.29, 0.717) is 22.7 Å². The number of aromatic nitrogens is 1. The summed E-state index contributed by atoms with van der Waals surface area (Å²) in [5.41, 5.74) is 1.89. The van der Waals surface area contributed by atoms with Gasteiger partial charge in [0.15, 0.2) is 5.69 Å². The Bertz CT molecular complexity index is 830. The van der Waals surface area contributed by atoms with E-state index in [0.717, 1.165) is 5.56 Å². The van der Waals surface area contributed by atoms with Crippen molar-refractivity contribution in [2.45, 2.75) is 33.7 Å². The summed E-state index contributed by atoms with van der Waals surface area (Å²) in [6.45, 7) is 5.92. The molecule has 138 valence electrons. The first kappa shape index (κ1) is 19.6. The molecule has 2 amide bonds. The van der Waals surface area contributed by atoms with Crippen LogP contribution in [0.2, 0.25) is 0 Å². The van der Waals surface area contributed by atoms with E-state index in [1.807, 2.05) is 20.8 Å². The maximum atomic E-state index is 12.3. The van der Waals surface area contributed by atoms with Crippen LogP contribution in [0.4, 0.5) is 5.69 Å². The lowest BCUT2D eigenvalue weighted by molar-refractivity contribution is -0.116. The predicted molar refractivity (Wildman–Crippen MR) is 99.5 cm³/mol. The van der Waals surface area contributed by atoms with Gasteiger partial charge in [-0.15, -0.1) is 11.3 Å². The average molecular weight is 375 g/mol. The maximum Gasteiger partial charge on any atom is 0.355 e. The molecule has 1 heterocycles. The number of hydrogen-bond donors (Lipinski definition) is 3. The highest BCUT2D eigenvalue weighted by Gasteiger charge is 2.12. The number of anilines is 1. The molecule has 8 heteroatoms. The fourth-order valence-electron chi connectivity index (χ4n) is 2.27. The zero-order valence-electron chi connectivity index (χ0n) is 14.8. The lowest BCUT2D eigenvalue weighted by atomic mass is 10.1. The van der Waals surface area contributed by atoms with Crippen molar-refractivity contribution in [2.24, 2.45) is 5.92 Å². The largest absolute Gasteiger partial charge is 0.476 e. The van der Waals surface area contributed by atoms with E-state index in [1.54, 1.807) is 18.2 Å². The molecule has 3 N–H and O–H groups in total. The number of benzene rings is 1. The third-order valence-electron chi connectivity index (χ3n) is 3.53. The molecule has 0 spiro atoms. The molecule has 0 unspecified atom stereocenters. The first-order valence-electron chi connectivity index (χ1n) is 8.12. The van der Waals surface area contributed by atoms with Gasteiger partial charge >= 0.3 is 5.97 Å². The molecule has 7 nitrogen and oxygen atoms in total. The highest BCUT2D eigenvalue weighted by atomic mass is 32.1. The number of aryl methyl sites for hydroxylation is 1. The highest BCUT2D eigenvalue weighted by molar-refractivity contribution is 7.09. The lowest BCUT2D eigenvalue weighted by Crippen LogP contribution is -2.23. The van der Waals surface area contributed by atoms with Crippen LogP contribution in [0.15, 0.2) is 23.6 Å². The number of rotatable bonds is 7. The summed E-state index contributed by atoms with van der Waals surface area (Å²) in [5, 5.41) is 16.4. The van der Waals surface area contributed by atoms with Crippen molar-refractivity contribution in [1.29, 1.82) is 0 Å². The summed E-state index contributed by atoms with van der Waals surface area (Å²) >= 11 is 1.18. The molecular weight excluding hydrogens is 354 g/mol. The molecule has 0 saturated heterocycles. The lowest BCUT2D eigenvalue weighted by Gasteiger charge is -2.11. The summed E-state index contributed by atoms with van der Waals surface area (Å²) < 4.78 is 0. The van der Waals surface area contributed by atoms with Crippen molar-refractivity contribution >= 4 is 34.8 Å². The van der Waals surface area contributed by atoms with Crippen LogP contribution < -0.4 is 10.6 Å². The summed E-state index contributed by atoms with van der Waals surface area (Å²) in [4.78, 5) is 38.8. The number of carbonyl (C=O) groups is 3. The van der Waals surface area contributed by atoms with Gasteiger partial charge in [-0.25, -0.2) is 9.78 Å². The van der Waals surface area contributed by atoms with Crippen LogP contribution in [-0.4, -0.2) is 27.9 Å². The Morgan fingerprint density at radius 2 is 2.00 bits per heavy atom. The van der Waals surface area contributed by atoms with Gasteiger partial charge < -0.3 is 15.7 Å². The third-order valence-corrected chi connectivity index (χ3v) is 4.38. The Balaban J connectivity index is 1.97. The summed E-state index contributed by atoms with van der Waals surface area (Å²) in [7, 11) is 0. The van der Waals surface area contributed by atoms with Crippen molar-refractivity contribution in [2.75, 3.05) is 5.32 Å². The fourth-order valence-corrected chi connectivity index (χ4v) is 2.97. The fraction of sp³-hybridized carbons (Fsp3) is 0.333. The van der Waals surface area contributed by atoms with Crippen molar-refractivity contribution in [3.8, 4) is 0 Å². The molecule has 0 atom stereocenters. The van der Waals surface area contributed by atoms with Gasteiger partial charge in [-0.2, -0.15) is 0 Å². The van der Waals surface area contributed by atoms with E-state index >= 15 is 0 Å². The Hall–Kier alpha value is -2.74. The Morgan fingerprint density at radius 3 is 2.58 bits per heavy atom. The van der Waals surface area contributed by atoms with Crippen molar-refractivity contribution < 1.29 is 19.5 Å². The molecule has 0 aliphatic rings. The van der Waals surface area contributed by atoms with Crippen LogP contribution in [0.1, 0.15) is 51.7 Å². The minimum absolute atomic E-state index is 0.0309. The van der Waals surface area contributed by atoms with Gasteiger partial charge in [-0.05, 0) is 36.6 Å². The molecule has 1 aromatic carbocycles. The SMILES string of the molecule is Cc1cc(C(=O)NCc2nc(C(=O)O)cs2)ccc1NC(=O)CC(C)C. The van der Waals surface area contributed by atoms with E-state index in [1.165, 1.54) is 16.7 Å². The molecular formula is C18H21N3O4S. The Labute approximate surface area is 155 Å². The molecule has 1 aromatic heterocycles. The maximum absolute atomic E-state index is 12.3. The topological polar surface area (TPSA) is 108 Å². The van der Waals surface area contributed by atoms with Crippen LogP contribution in [0, 0.1) is 12.8 Å². The Kier molecular flexibility index (Phi) is 6.46. The Morgan fingerprint density at radius 1 is 1.27 bits per heavy atom. The molecule has 0 bridgehead atoms. The second kappa shape index (κ2) is 8.57. The molecule has 0 saturated carbocycles. The van der Waals surface area contributed by atoms with Crippen LogP contribution in [0.3, 0.4) is 0 Å². The molecule has 2 aromatic rings. The van der Waals surface area contributed by atoms with Crippen molar-refractivity contribution in [3.05, 3.63) is 45.4 Å². The summed E-state index contributed by atoms with van der Waals surface area (Å²) in [6, 6.07) is 5.04. The monoisotopic (exact) mass is 375 g/mol. The zero-order valence-corrected chi connectivity index (χ0v) is 15.6. The number of carboxylic acid groups (broad SMARTS) is 1. The molecule has 26 heavy (non-hydrogen) atoms. The normalized spacial score (nSPS) is 10.6. The van der Waals surface area contributed by atoms with E-state index < -0.39 is 5.97 Å². The number of thiazole rings is 1. The first-order chi connectivity index (χ1) is 12.3. The van der Waals surface area contributed by atoms with Gasteiger partial charge in [0.05, 0.1) is 6.54 Å². The van der Waals surface area contributed by atoms with Crippen molar-refractivity contribution in [1.82, 2.24) is 10.3 Å². The van der Waals surface area contributed by atoms with Crippen LogP contribution >= 0.6 is 11.3 Å². The van der Waals surface area contributed by atoms with Crippen LogP contribution in [0.5, 0.6) is 0 Å². The summed E-state index contributed by atoms with van der Waals surface area (Å²) in [6.07, 6.45) is 0.438. The third kappa shape index (κ3) is 5.38. The molecule has 0 aliphatic heterocycles. The first-order valence-corrected chi connectivity index (χ1v) is 9.00. The highest BCUT2D eigenvalue weighted by Crippen LogP contribution is 2.18. The number of hydrogen-bond acceptors (Lipinski definition) is 5. The van der Waals surface area contributed by atoms with E-state index in [4.69, 9.17) is 5.11 Å². The van der Waals surface area contributed by atoms with E-state index in [-0.39, 0.29) is 30.0 Å². The van der Waals surface area contributed by atoms with Crippen LogP contribution in [0.25, 0.3) is 0 Å². The number of carbonyl (C=O) groups excluding carboxylic acids is 2. The average Bonchev–Trinajstić information content (AvgIpc) is 3.03. The smallest absolute Gasteiger partial charge is 0.355 e. The molecule has 0 aliphatic carbocycles. The van der Waals surface area contributed by atoms with Gasteiger partial charge in [-0.1, -0.05) is 13.8 Å². The molecule has 2 rings (SSSR count). The number of nitrogens with one attached hydrogen (secondary N) is 2. The number of aromatic carboxylic acids is 1. The van der Waals surface area contributed by atoms with Crippen molar-refractivity contribution in [3.63, 3.8) is 0 Å². The minimum Gasteiger partial charge on any atom is -0.476 e. The van der Waals surface area contributed by atoms with Gasteiger partial charge in [0, 0.05) is 23.1 Å². The number of amides is 2. The van der Waals surface area contributed by atoms with Gasteiger partial charge in [0.1, 0.15) is 5.01 Å². The molecule has 0 fully saturated rings. The zero-order chi connectivity index (χ0) is 19.3. The predicted octanol–water partition coefficient (Wildman–Crippen LogP) is 3.06. The van der Waals surface area contributed by atoms with Gasteiger partial charge in [0.25, 0.3) is 5.91 Å². The number of carboxylic acids is 1. The van der Waals surface area contributed by atoms with Crippen LogP contribution in [-0.2, 0) is 11.3 Å².